The lowest BCUT2D eigenvalue weighted by atomic mass is 10.2. The number of benzene rings is 1. The molecule has 7 heteroatoms. The molecule has 106 valence electrons. The van der Waals surface area contributed by atoms with Crippen molar-refractivity contribution < 1.29 is 8.91 Å². The van der Waals surface area contributed by atoms with Crippen LogP contribution < -0.4 is 5.32 Å². The average molecular weight is 341 g/mol. The van der Waals surface area contributed by atoms with E-state index in [0.29, 0.717) is 21.8 Å². The van der Waals surface area contributed by atoms with Crippen molar-refractivity contribution >= 4 is 15.9 Å². The van der Waals surface area contributed by atoms with Crippen LogP contribution in [0.5, 0.6) is 0 Å². The summed E-state index contributed by atoms with van der Waals surface area (Å²) >= 11 is 3.15. The van der Waals surface area contributed by atoms with Crippen molar-refractivity contribution in [2.45, 2.75) is 6.04 Å². The van der Waals surface area contributed by atoms with Gasteiger partial charge in [-0.3, -0.25) is 4.90 Å². The maximum absolute atomic E-state index is 13.2. The molecule has 0 aliphatic carbocycles. The Morgan fingerprint density at radius 2 is 2.35 bits per heavy atom. The standard InChI is InChI=1S/C13H14BrFN4O/c1-19-5-4-16-7-11(19)12-17-13(20-18-12)8-2-3-10(15)9(14)6-8/h2-3,6,11,16H,4-5,7H2,1H3. The van der Waals surface area contributed by atoms with Crippen molar-refractivity contribution in [1.29, 1.82) is 0 Å². The Kier molecular flexibility index (Phi) is 3.82. The highest BCUT2D eigenvalue weighted by molar-refractivity contribution is 9.10. The number of rotatable bonds is 2. The van der Waals surface area contributed by atoms with Crippen LogP contribution in [0.15, 0.2) is 27.2 Å². The monoisotopic (exact) mass is 340 g/mol. The molecule has 1 aliphatic heterocycles. The number of piperazine rings is 1. The zero-order chi connectivity index (χ0) is 14.1. The molecule has 0 radical (unpaired) electrons. The zero-order valence-corrected chi connectivity index (χ0v) is 12.5. The van der Waals surface area contributed by atoms with Crippen molar-refractivity contribution in [1.82, 2.24) is 20.4 Å². The van der Waals surface area contributed by atoms with Crippen LogP contribution >= 0.6 is 15.9 Å². The molecule has 1 unspecified atom stereocenters. The van der Waals surface area contributed by atoms with Gasteiger partial charge in [0.15, 0.2) is 5.82 Å². The Balaban J connectivity index is 1.87. The van der Waals surface area contributed by atoms with Crippen LogP contribution in [0.1, 0.15) is 11.9 Å². The summed E-state index contributed by atoms with van der Waals surface area (Å²) in [6.07, 6.45) is 0. The summed E-state index contributed by atoms with van der Waals surface area (Å²) in [5.74, 6) is 0.736. The molecule has 0 spiro atoms. The van der Waals surface area contributed by atoms with Crippen molar-refractivity contribution in [3.05, 3.63) is 34.3 Å². The number of likely N-dealkylation sites (N-methyl/N-ethyl adjacent to an activating group) is 1. The van der Waals surface area contributed by atoms with Crippen LogP contribution in [-0.2, 0) is 0 Å². The van der Waals surface area contributed by atoms with E-state index in [1.54, 1.807) is 12.1 Å². The minimum atomic E-state index is -0.315. The lowest BCUT2D eigenvalue weighted by Crippen LogP contribution is -2.44. The van der Waals surface area contributed by atoms with E-state index in [4.69, 9.17) is 4.52 Å². The highest BCUT2D eigenvalue weighted by Gasteiger charge is 2.25. The van der Waals surface area contributed by atoms with Gasteiger partial charge in [-0.05, 0) is 41.2 Å². The lowest BCUT2D eigenvalue weighted by Gasteiger charge is -2.30. The third kappa shape index (κ3) is 2.61. The Morgan fingerprint density at radius 3 is 3.10 bits per heavy atom. The second-order valence-electron chi connectivity index (χ2n) is 4.79. The average Bonchev–Trinajstić information content (AvgIpc) is 2.92. The summed E-state index contributed by atoms with van der Waals surface area (Å²) in [7, 11) is 2.04. The third-order valence-corrected chi connectivity index (χ3v) is 4.03. The molecule has 1 aromatic carbocycles. The molecule has 0 bridgehead atoms. The van der Waals surface area contributed by atoms with Crippen LogP contribution in [0.25, 0.3) is 11.5 Å². The molecule has 3 rings (SSSR count). The quantitative estimate of drug-likeness (QED) is 0.908. The van der Waals surface area contributed by atoms with E-state index >= 15 is 0 Å². The van der Waals surface area contributed by atoms with Gasteiger partial charge in [-0.1, -0.05) is 5.16 Å². The zero-order valence-electron chi connectivity index (χ0n) is 10.9. The first kappa shape index (κ1) is 13.7. The van der Waals surface area contributed by atoms with E-state index in [2.05, 4.69) is 36.3 Å². The minimum absolute atomic E-state index is 0.102. The number of hydrogen-bond donors (Lipinski definition) is 1. The first-order valence-corrected chi connectivity index (χ1v) is 7.14. The van der Waals surface area contributed by atoms with Crippen LogP contribution in [0.2, 0.25) is 0 Å². The van der Waals surface area contributed by atoms with Gasteiger partial charge >= 0.3 is 0 Å². The summed E-state index contributed by atoms with van der Waals surface area (Å²) in [5, 5.41) is 7.35. The van der Waals surface area contributed by atoms with Gasteiger partial charge in [-0.25, -0.2) is 4.39 Å². The predicted molar refractivity (Wildman–Crippen MR) is 75.6 cm³/mol. The topological polar surface area (TPSA) is 54.2 Å². The molecular weight excluding hydrogens is 327 g/mol. The van der Waals surface area contributed by atoms with Crippen molar-refractivity contribution in [2.24, 2.45) is 0 Å². The maximum Gasteiger partial charge on any atom is 0.258 e. The molecule has 0 amide bonds. The van der Waals surface area contributed by atoms with Crippen molar-refractivity contribution in [2.75, 3.05) is 26.7 Å². The Labute approximate surface area is 124 Å². The molecule has 20 heavy (non-hydrogen) atoms. The molecule has 1 fully saturated rings. The Hall–Kier alpha value is -1.31. The van der Waals surface area contributed by atoms with Crippen LogP contribution in [-0.4, -0.2) is 41.7 Å². The molecular formula is C13H14BrFN4O. The molecule has 1 atom stereocenters. The van der Waals surface area contributed by atoms with Gasteiger partial charge in [0, 0.05) is 25.2 Å². The molecule has 1 aromatic heterocycles. The molecule has 1 N–H and O–H groups in total. The van der Waals surface area contributed by atoms with Gasteiger partial charge in [0.25, 0.3) is 5.89 Å². The highest BCUT2D eigenvalue weighted by Crippen LogP contribution is 2.26. The number of nitrogens with zero attached hydrogens (tertiary/aromatic N) is 3. The summed E-state index contributed by atoms with van der Waals surface area (Å²) in [6, 6.07) is 4.73. The molecule has 2 heterocycles. The summed E-state index contributed by atoms with van der Waals surface area (Å²) in [6.45, 7) is 2.70. The van der Waals surface area contributed by atoms with Gasteiger partial charge in [0.1, 0.15) is 5.82 Å². The smallest absolute Gasteiger partial charge is 0.258 e. The fourth-order valence-electron chi connectivity index (χ4n) is 2.21. The van der Waals surface area contributed by atoms with Crippen molar-refractivity contribution in [3.63, 3.8) is 0 Å². The Morgan fingerprint density at radius 1 is 1.50 bits per heavy atom. The fraction of sp³-hybridized carbons (Fsp3) is 0.385. The molecule has 2 aromatic rings. The van der Waals surface area contributed by atoms with E-state index in [1.807, 2.05) is 7.05 Å². The summed E-state index contributed by atoms with van der Waals surface area (Å²) in [4.78, 5) is 6.61. The second-order valence-corrected chi connectivity index (χ2v) is 5.64. The SMILES string of the molecule is CN1CCNCC1c1noc(-c2ccc(F)c(Br)c2)n1. The normalized spacial score (nSPS) is 20.2. The molecule has 0 saturated carbocycles. The third-order valence-electron chi connectivity index (χ3n) is 3.42. The molecule has 1 saturated heterocycles. The molecule has 5 nitrogen and oxygen atoms in total. The predicted octanol–water partition coefficient (Wildman–Crippen LogP) is 2.21. The largest absolute Gasteiger partial charge is 0.334 e. The first-order valence-electron chi connectivity index (χ1n) is 6.35. The van der Waals surface area contributed by atoms with E-state index < -0.39 is 0 Å². The summed E-state index contributed by atoms with van der Waals surface area (Å²) in [5.41, 5.74) is 0.698. The van der Waals surface area contributed by atoms with Crippen LogP contribution in [0, 0.1) is 5.82 Å². The van der Waals surface area contributed by atoms with E-state index in [-0.39, 0.29) is 11.9 Å². The van der Waals surface area contributed by atoms with E-state index in [0.717, 1.165) is 19.6 Å². The number of hydrogen-bond acceptors (Lipinski definition) is 5. The van der Waals surface area contributed by atoms with Gasteiger partial charge in [-0.15, -0.1) is 0 Å². The van der Waals surface area contributed by atoms with Gasteiger partial charge in [0.2, 0.25) is 0 Å². The second kappa shape index (κ2) is 5.59. The minimum Gasteiger partial charge on any atom is -0.334 e. The van der Waals surface area contributed by atoms with Gasteiger partial charge in [0.05, 0.1) is 10.5 Å². The number of aromatic nitrogens is 2. The number of nitrogens with one attached hydrogen (secondary N) is 1. The van der Waals surface area contributed by atoms with Gasteiger partial charge in [-0.2, -0.15) is 4.98 Å². The fourth-order valence-corrected chi connectivity index (χ4v) is 2.59. The lowest BCUT2D eigenvalue weighted by molar-refractivity contribution is 0.190. The first-order chi connectivity index (χ1) is 9.65. The van der Waals surface area contributed by atoms with Gasteiger partial charge < -0.3 is 9.84 Å². The van der Waals surface area contributed by atoms with E-state index in [1.165, 1.54) is 6.07 Å². The summed E-state index contributed by atoms with van der Waals surface area (Å²) < 4.78 is 18.9. The van der Waals surface area contributed by atoms with E-state index in [9.17, 15) is 4.39 Å². The number of halogens is 2. The van der Waals surface area contributed by atoms with Crippen LogP contribution in [0.3, 0.4) is 0 Å². The Bertz CT molecular complexity index is 618. The maximum atomic E-state index is 13.2. The highest BCUT2D eigenvalue weighted by atomic mass is 79.9. The van der Waals surface area contributed by atoms with Crippen molar-refractivity contribution in [3.8, 4) is 11.5 Å². The van der Waals surface area contributed by atoms with Crippen LogP contribution in [0.4, 0.5) is 4.39 Å². The molecule has 1 aliphatic rings.